The number of hydrogen-bond acceptors (Lipinski definition) is 7. The predicted octanol–water partition coefficient (Wildman–Crippen LogP) is 2.85. The Bertz CT molecular complexity index is 988. The first-order valence-corrected chi connectivity index (χ1v) is 10.3. The molecular weight excluding hydrogens is 374 g/mol. The fourth-order valence-corrected chi connectivity index (χ4v) is 5.42. The number of anilines is 1. The van der Waals surface area contributed by atoms with Gasteiger partial charge in [0, 0.05) is 24.7 Å². The Balaban J connectivity index is 0.000000604. The standard InChI is InChI=1S/C19H21N5S.CH2O2/c20-18-21-9-13-5-7-19(17(13)23-18)6-2-8-24(11-19)10-14-3-1-4-15-16(14)25-12-22-15;2-1-3/h1,3-4,9,12H,2,5-8,10-11H2,(H2,20,21,23);1H,(H,2,3). The summed E-state index contributed by atoms with van der Waals surface area (Å²) in [7, 11) is 0. The number of carbonyl (C=O) groups is 1. The van der Waals surface area contributed by atoms with Gasteiger partial charge < -0.3 is 10.8 Å². The van der Waals surface area contributed by atoms with Crippen molar-refractivity contribution in [1.29, 1.82) is 0 Å². The number of nitrogens with zero attached hydrogens (tertiary/aromatic N) is 4. The quantitative estimate of drug-likeness (QED) is 0.641. The molecule has 3 N–H and O–H groups in total. The SMILES string of the molecule is Nc1ncc2c(n1)C1(CCCN(Cc3cccc4ncsc34)C1)CC2.O=CO. The maximum Gasteiger partial charge on any atom is 0.290 e. The van der Waals surface area contributed by atoms with Gasteiger partial charge in [-0.05, 0) is 49.4 Å². The van der Waals surface area contributed by atoms with E-state index in [2.05, 4.69) is 38.1 Å². The summed E-state index contributed by atoms with van der Waals surface area (Å²) < 4.78 is 1.32. The zero-order valence-corrected chi connectivity index (χ0v) is 16.4. The van der Waals surface area contributed by atoms with Gasteiger partial charge >= 0.3 is 0 Å². The van der Waals surface area contributed by atoms with E-state index in [9.17, 15) is 0 Å². The largest absolute Gasteiger partial charge is 0.483 e. The van der Waals surface area contributed by atoms with Crippen LogP contribution >= 0.6 is 11.3 Å². The lowest BCUT2D eigenvalue weighted by molar-refractivity contribution is -0.122. The van der Waals surface area contributed by atoms with Crippen LogP contribution in [0.3, 0.4) is 0 Å². The first-order valence-electron chi connectivity index (χ1n) is 9.38. The summed E-state index contributed by atoms with van der Waals surface area (Å²) in [6, 6.07) is 6.46. The van der Waals surface area contributed by atoms with Crippen LogP contribution in [0.4, 0.5) is 5.95 Å². The first kappa shape index (κ1) is 18.8. The van der Waals surface area contributed by atoms with Crippen molar-refractivity contribution in [2.75, 3.05) is 18.8 Å². The molecule has 146 valence electrons. The lowest BCUT2D eigenvalue weighted by Crippen LogP contribution is -2.45. The summed E-state index contributed by atoms with van der Waals surface area (Å²) in [4.78, 5) is 24.2. The lowest BCUT2D eigenvalue weighted by atomic mass is 9.77. The van der Waals surface area contributed by atoms with Crippen molar-refractivity contribution >= 4 is 34.0 Å². The van der Waals surface area contributed by atoms with Crippen molar-refractivity contribution in [3.63, 3.8) is 0 Å². The van der Waals surface area contributed by atoms with Gasteiger partial charge in [-0.1, -0.05) is 12.1 Å². The van der Waals surface area contributed by atoms with Gasteiger partial charge in [0.1, 0.15) is 0 Å². The van der Waals surface area contributed by atoms with E-state index in [0.29, 0.717) is 5.95 Å². The maximum absolute atomic E-state index is 8.36. The summed E-state index contributed by atoms with van der Waals surface area (Å²) in [5.74, 6) is 0.409. The average Bonchev–Trinajstić information content (AvgIpc) is 3.29. The van der Waals surface area contributed by atoms with Crippen LogP contribution in [0.25, 0.3) is 10.2 Å². The number of hydrogen-bond donors (Lipinski definition) is 2. The molecule has 5 rings (SSSR count). The Labute approximate surface area is 167 Å². The molecule has 1 atom stereocenters. The van der Waals surface area contributed by atoms with E-state index in [1.807, 2.05) is 11.7 Å². The van der Waals surface area contributed by atoms with Crippen LogP contribution in [0, 0.1) is 0 Å². The predicted molar refractivity (Wildman–Crippen MR) is 109 cm³/mol. The Hall–Kier alpha value is -2.58. The molecule has 1 spiro atoms. The highest BCUT2D eigenvalue weighted by Gasteiger charge is 2.43. The number of aromatic nitrogens is 3. The van der Waals surface area contributed by atoms with E-state index in [0.717, 1.165) is 31.6 Å². The van der Waals surface area contributed by atoms with Gasteiger partial charge in [0.2, 0.25) is 5.95 Å². The molecule has 1 aliphatic heterocycles. The Morgan fingerprint density at radius 1 is 1.32 bits per heavy atom. The molecule has 2 aliphatic rings. The van der Waals surface area contributed by atoms with Crippen LogP contribution in [0.5, 0.6) is 0 Å². The molecule has 0 bridgehead atoms. The van der Waals surface area contributed by atoms with E-state index in [4.69, 9.17) is 15.6 Å². The van der Waals surface area contributed by atoms with Crippen molar-refractivity contribution in [3.8, 4) is 0 Å². The molecule has 8 heteroatoms. The van der Waals surface area contributed by atoms with Crippen molar-refractivity contribution in [2.45, 2.75) is 37.6 Å². The number of benzene rings is 1. The van der Waals surface area contributed by atoms with Crippen molar-refractivity contribution in [1.82, 2.24) is 19.9 Å². The normalized spacial score (nSPS) is 21.3. The number of piperidine rings is 1. The van der Waals surface area contributed by atoms with Gasteiger partial charge in [-0.3, -0.25) is 9.69 Å². The highest BCUT2D eigenvalue weighted by Crippen LogP contribution is 2.44. The molecule has 3 aromatic rings. The molecule has 7 nitrogen and oxygen atoms in total. The molecule has 28 heavy (non-hydrogen) atoms. The van der Waals surface area contributed by atoms with E-state index >= 15 is 0 Å². The van der Waals surface area contributed by atoms with Gasteiger partial charge in [-0.25, -0.2) is 15.0 Å². The number of fused-ring (bicyclic) bond motifs is 3. The second-order valence-electron chi connectivity index (χ2n) is 7.42. The minimum atomic E-state index is -0.250. The molecule has 1 aromatic carbocycles. The summed E-state index contributed by atoms with van der Waals surface area (Å²) in [6.45, 7) is 2.94. The van der Waals surface area contributed by atoms with Crippen molar-refractivity contribution in [3.05, 3.63) is 46.7 Å². The third-order valence-electron chi connectivity index (χ3n) is 5.75. The lowest BCUT2D eigenvalue weighted by Gasteiger charge is -2.40. The summed E-state index contributed by atoms with van der Waals surface area (Å²) in [5, 5.41) is 6.89. The molecule has 0 saturated carbocycles. The van der Waals surface area contributed by atoms with Crippen molar-refractivity contribution < 1.29 is 9.90 Å². The van der Waals surface area contributed by atoms with Gasteiger partial charge in [0.15, 0.2) is 0 Å². The molecule has 1 aliphatic carbocycles. The van der Waals surface area contributed by atoms with Crippen LogP contribution < -0.4 is 5.73 Å². The van der Waals surface area contributed by atoms with Crippen molar-refractivity contribution in [2.24, 2.45) is 0 Å². The van der Waals surface area contributed by atoms with Crippen LogP contribution in [0.1, 0.15) is 36.1 Å². The molecule has 0 radical (unpaired) electrons. The third-order valence-corrected chi connectivity index (χ3v) is 6.66. The highest BCUT2D eigenvalue weighted by atomic mass is 32.1. The molecule has 3 heterocycles. The molecule has 1 unspecified atom stereocenters. The van der Waals surface area contributed by atoms with Gasteiger partial charge in [0.25, 0.3) is 6.47 Å². The fourth-order valence-electron chi connectivity index (χ4n) is 4.62. The van der Waals surface area contributed by atoms with E-state index in [1.165, 1.54) is 40.8 Å². The number of aryl methyl sites for hydroxylation is 1. The summed E-state index contributed by atoms with van der Waals surface area (Å²) in [5.41, 5.74) is 13.0. The summed E-state index contributed by atoms with van der Waals surface area (Å²) >= 11 is 1.74. The van der Waals surface area contributed by atoms with Gasteiger partial charge in [-0.15, -0.1) is 11.3 Å². The van der Waals surface area contributed by atoms with E-state index in [-0.39, 0.29) is 11.9 Å². The zero-order valence-electron chi connectivity index (χ0n) is 15.5. The fraction of sp³-hybridized carbons (Fsp3) is 0.400. The zero-order chi connectivity index (χ0) is 19.6. The number of nitrogens with two attached hydrogens (primary N) is 1. The molecule has 1 fully saturated rings. The number of carboxylic acid groups (broad SMARTS) is 1. The molecule has 1 saturated heterocycles. The number of likely N-dealkylation sites (tertiary alicyclic amines) is 1. The maximum atomic E-state index is 8.36. The topological polar surface area (TPSA) is 105 Å². The average molecular weight is 398 g/mol. The smallest absolute Gasteiger partial charge is 0.290 e. The van der Waals surface area contributed by atoms with Gasteiger partial charge in [-0.2, -0.15) is 0 Å². The molecule has 2 aromatic heterocycles. The second kappa shape index (κ2) is 7.81. The first-order chi connectivity index (χ1) is 13.6. The van der Waals surface area contributed by atoms with Gasteiger partial charge in [0.05, 0.1) is 21.4 Å². The second-order valence-corrected chi connectivity index (χ2v) is 8.27. The van der Waals surface area contributed by atoms with Crippen LogP contribution in [0.15, 0.2) is 29.9 Å². The summed E-state index contributed by atoms with van der Waals surface area (Å²) in [6.07, 6.45) is 6.60. The Morgan fingerprint density at radius 2 is 2.18 bits per heavy atom. The van der Waals surface area contributed by atoms with E-state index < -0.39 is 0 Å². The Kier molecular flexibility index (Phi) is 5.23. The Morgan fingerprint density at radius 3 is 3.04 bits per heavy atom. The molecular formula is C20H23N5O2S. The van der Waals surface area contributed by atoms with Crippen LogP contribution in [-0.4, -0.2) is 44.5 Å². The van der Waals surface area contributed by atoms with Crippen LogP contribution in [-0.2, 0) is 23.2 Å². The minimum absolute atomic E-state index is 0.159. The molecule has 0 amide bonds. The number of rotatable bonds is 2. The minimum Gasteiger partial charge on any atom is -0.483 e. The third kappa shape index (κ3) is 3.45. The highest BCUT2D eigenvalue weighted by molar-refractivity contribution is 7.16. The number of nitrogen functional groups attached to an aromatic ring is 1. The van der Waals surface area contributed by atoms with Crippen LogP contribution in [0.2, 0.25) is 0 Å². The van der Waals surface area contributed by atoms with E-state index in [1.54, 1.807) is 11.3 Å². The number of thiazole rings is 1. The monoisotopic (exact) mass is 397 g/mol.